The molecule has 1 saturated heterocycles. The molecule has 11 heteroatoms. The van der Waals surface area contributed by atoms with E-state index in [9.17, 15) is 24.6 Å². The van der Waals surface area contributed by atoms with Crippen LogP contribution in [0.25, 0.3) is 5.76 Å². The molecule has 226 valence electrons. The zero-order valence-corrected chi connectivity index (χ0v) is 25.3. The molecule has 0 saturated carbocycles. The van der Waals surface area contributed by atoms with Crippen LogP contribution >= 0.6 is 11.3 Å². The third kappa shape index (κ3) is 5.73. The lowest BCUT2D eigenvalue weighted by atomic mass is 9.94. The maximum absolute atomic E-state index is 13.6. The van der Waals surface area contributed by atoms with Crippen LogP contribution in [-0.2, 0) is 20.9 Å². The van der Waals surface area contributed by atoms with E-state index in [-0.39, 0.29) is 33.7 Å². The number of Topliss-reactive ketones (excluding diaryl/α,β-unsaturated/α-hetero) is 1. The number of benzene rings is 3. The second-order valence-electron chi connectivity index (χ2n) is 9.99. The van der Waals surface area contributed by atoms with Gasteiger partial charge in [0, 0.05) is 5.56 Å². The number of aliphatic hydroxyl groups is 1. The Bertz CT molecular complexity index is 1780. The average Bonchev–Trinajstić information content (AvgIpc) is 3.53. The van der Waals surface area contributed by atoms with Gasteiger partial charge in [0.2, 0.25) is 0 Å². The predicted molar refractivity (Wildman–Crippen MR) is 164 cm³/mol. The summed E-state index contributed by atoms with van der Waals surface area (Å²) >= 11 is 0.906. The lowest BCUT2D eigenvalue weighted by molar-refractivity contribution is -0.132. The number of ketones is 1. The molecule has 1 fully saturated rings. The first-order valence-electron chi connectivity index (χ1n) is 13.7. The molecule has 2 heterocycles. The summed E-state index contributed by atoms with van der Waals surface area (Å²) in [7, 11) is 1.37. The van der Waals surface area contributed by atoms with E-state index in [4.69, 9.17) is 14.2 Å². The molecule has 3 aromatic carbocycles. The Kier molecular flexibility index (Phi) is 8.68. The number of carbonyl (C=O) groups is 3. The second-order valence-corrected chi connectivity index (χ2v) is 11.0. The number of thiazole rings is 1. The number of esters is 1. The largest absolute Gasteiger partial charge is 0.507 e. The smallest absolute Gasteiger partial charge is 0.350 e. The molecule has 44 heavy (non-hydrogen) atoms. The van der Waals surface area contributed by atoms with E-state index >= 15 is 0 Å². The third-order valence-electron chi connectivity index (χ3n) is 7.10. The Morgan fingerprint density at radius 2 is 1.77 bits per heavy atom. The van der Waals surface area contributed by atoms with E-state index in [0.29, 0.717) is 34.7 Å². The quantitative estimate of drug-likeness (QED) is 0.103. The van der Waals surface area contributed by atoms with Crippen molar-refractivity contribution in [2.75, 3.05) is 18.6 Å². The summed E-state index contributed by atoms with van der Waals surface area (Å²) in [6, 6.07) is 17.9. The van der Waals surface area contributed by atoms with E-state index in [1.807, 2.05) is 37.3 Å². The van der Waals surface area contributed by atoms with Crippen molar-refractivity contribution in [1.29, 1.82) is 0 Å². The number of phenols is 1. The molecule has 1 aliphatic heterocycles. The van der Waals surface area contributed by atoms with Crippen LogP contribution in [0.5, 0.6) is 17.2 Å². The number of amides is 1. The first kappa shape index (κ1) is 30.3. The topological polar surface area (TPSA) is 135 Å². The van der Waals surface area contributed by atoms with E-state index in [0.717, 1.165) is 21.8 Å². The van der Waals surface area contributed by atoms with Crippen molar-refractivity contribution in [2.45, 2.75) is 33.4 Å². The summed E-state index contributed by atoms with van der Waals surface area (Å²) in [5, 5.41) is 21.9. The molecule has 0 bridgehead atoms. The average molecular weight is 615 g/mol. The molecule has 5 rings (SSSR count). The highest BCUT2D eigenvalue weighted by molar-refractivity contribution is 7.17. The maximum atomic E-state index is 13.6. The van der Waals surface area contributed by atoms with Gasteiger partial charge in [-0.05, 0) is 67.8 Å². The molecule has 10 nitrogen and oxygen atoms in total. The van der Waals surface area contributed by atoms with Gasteiger partial charge in [-0.2, -0.15) is 0 Å². The molecule has 1 unspecified atom stereocenters. The van der Waals surface area contributed by atoms with Gasteiger partial charge in [0.05, 0.1) is 31.0 Å². The molecule has 0 aliphatic carbocycles. The van der Waals surface area contributed by atoms with Gasteiger partial charge in [-0.15, -0.1) is 0 Å². The molecule has 1 amide bonds. The first-order chi connectivity index (χ1) is 21.1. The summed E-state index contributed by atoms with van der Waals surface area (Å²) in [4.78, 5) is 45.5. The Morgan fingerprint density at radius 3 is 2.45 bits per heavy atom. The SMILES string of the molecule is CCOC(=O)c1sc(N2C(=O)C(=O)C(=C(O)c3ccc(OCc4ccccc4)c(C)c3)C2c2ccc(O)c(OC)c2)nc1C. The number of carbonyl (C=O) groups excluding carboxylic acids is 3. The van der Waals surface area contributed by atoms with E-state index < -0.39 is 29.5 Å². The van der Waals surface area contributed by atoms with Crippen LogP contribution < -0.4 is 14.4 Å². The van der Waals surface area contributed by atoms with Crippen LogP contribution in [0.15, 0.2) is 72.3 Å². The summed E-state index contributed by atoms with van der Waals surface area (Å²) in [6.07, 6.45) is 0. The number of rotatable bonds is 9. The monoisotopic (exact) mass is 614 g/mol. The number of aliphatic hydroxyl groups excluding tert-OH is 1. The number of ether oxygens (including phenoxy) is 3. The Balaban J connectivity index is 1.60. The molecule has 0 radical (unpaired) electrons. The highest BCUT2D eigenvalue weighted by atomic mass is 32.1. The van der Waals surface area contributed by atoms with Crippen molar-refractivity contribution in [3.8, 4) is 17.2 Å². The van der Waals surface area contributed by atoms with Crippen molar-refractivity contribution in [3.05, 3.63) is 105 Å². The van der Waals surface area contributed by atoms with Crippen LogP contribution in [0.3, 0.4) is 0 Å². The molecule has 1 aromatic heterocycles. The van der Waals surface area contributed by atoms with Crippen LogP contribution in [0, 0.1) is 13.8 Å². The fourth-order valence-electron chi connectivity index (χ4n) is 4.93. The van der Waals surface area contributed by atoms with Gasteiger partial charge < -0.3 is 24.4 Å². The van der Waals surface area contributed by atoms with Crippen molar-refractivity contribution < 1.29 is 38.8 Å². The predicted octanol–water partition coefficient (Wildman–Crippen LogP) is 5.86. The van der Waals surface area contributed by atoms with E-state index in [2.05, 4.69) is 4.98 Å². The zero-order chi connectivity index (χ0) is 31.5. The Morgan fingerprint density at radius 1 is 1.02 bits per heavy atom. The minimum Gasteiger partial charge on any atom is -0.507 e. The number of methoxy groups -OCH3 is 1. The van der Waals surface area contributed by atoms with Gasteiger partial charge in [0.1, 0.15) is 23.0 Å². The van der Waals surface area contributed by atoms with Crippen molar-refractivity contribution >= 4 is 39.9 Å². The number of aromatic hydroxyl groups is 1. The Hall–Kier alpha value is -5.16. The van der Waals surface area contributed by atoms with Crippen molar-refractivity contribution in [3.63, 3.8) is 0 Å². The standard InChI is InChI=1S/C33H30N2O8S/c1-5-42-32(40)30-19(3)34-33(44-30)35-27(21-11-13-23(36)25(16-21)41-4)26(29(38)31(35)39)28(37)22-12-14-24(18(2)15-22)43-17-20-9-7-6-8-10-20/h6-16,27,36-37H,5,17H2,1-4H3. The number of hydrogen-bond acceptors (Lipinski definition) is 10. The van der Waals surface area contributed by atoms with Gasteiger partial charge in [-0.3, -0.25) is 14.5 Å². The summed E-state index contributed by atoms with van der Waals surface area (Å²) < 4.78 is 16.4. The summed E-state index contributed by atoms with van der Waals surface area (Å²) in [5.74, 6) is -2.33. The van der Waals surface area contributed by atoms with Crippen molar-refractivity contribution in [1.82, 2.24) is 4.98 Å². The lowest BCUT2D eigenvalue weighted by Gasteiger charge is -2.23. The van der Waals surface area contributed by atoms with Crippen LogP contribution in [0.1, 0.15) is 50.6 Å². The molecular weight excluding hydrogens is 584 g/mol. The van der Waals surface area contributed by atoms with Crippen molar-refractivity contribution in [2.24, 2.45) is 0 Å². The van der Waals surface area contributed by atoms with Gasteiger partial charge in [-0.25, -0.2) is 9.78 Å². The Labute approximate surface area is 257 Å². The minimum atomic E-state index is -1.15. The maximum Gasteiger partial charge on any atom is 0.350 e. The fraction of sp³-hybridized carbons (Fsp3) is 0.212. The highest BCUT2D eigenvalue weighted by Gasteiger charge is 2.48. The number of anilines is 1. The summed E-state index contributed by atoms with van der Waals surface area (Å²) in [5.41, 5.74) is 2.50. The highest BCUT2D eigenvalue weighted by Crippen LogP contribution is 2.45. The van der Waals surface area contributed by atoms with Gasteiger partial charge >= 0.3 is 11.9 Å². The lowest BCUT2D eigenvalue weighted by Crippen LogP contribution is -2.29. The zero-order valence-electron chi connectivity index (χ0n) is 24.5. The van der Waals surface area contributed by atoms with E-state index in [1.165, 1.54) is 25.3 Å². The van der Waals surface area contributed by atoms with Crippen LogP contribution in [0.2, 0.25) is 0 Å². The molecule has 4 aromatic rings. The number of nitrogens with zero attached hydrogens (tertiary/aromatic N) is 2. The number of aromatic nitrogens is 1. The van der Waals surface area contributed by atoms with Gasteiger partial charge in [0.15, 0.2) is 16.6 Å². The first-order valence-corrected chi connectivity index (χ1v) is 14.6. The van der Waals surface area contributed by atoms with Gasteiger partial charge in [0.25, 0.3) is 5.78 Å². The fourth-order valence-corrected chi connectivity index (χ4v) is 5.92. The molecule has 2 N–H and O–H groups in total. The summed E-state index contributed by atoms with van der Waals surface area (Å²) in [6.45, 7) is 5.59. The second kappa shape index (κ2) is 12.6. The minimum absolute atomic E-state index is 0.0737. The molecule has 0 spiro atoms. The molecule has 1 atom stereocenters. The number of hydrogen-bond donors (Lipinski definition) is 2. The molecular formula is C33H30N2O8S. The molecule has 1 aliphatic rings. The van der Waals surface area contributed by atoms with Crippen LogP contribution in [-0.4, -0.2) is 46.6 Å². The van der Waals surface area contributed by atoms with E-state index in [1.54, 1.807) is 32.0 Å². The van der Waals surface area contributed by atoms with Crippen LogP contribution in [0.4, 0.5) is 5.13 Å². The number of phenolic OH excluding ortho intramolecular Hbond substituents is 1. The van der Waals surface area contributed by atoms with Gasteiger partial charge in [-0.1, -0.05) is 47.7 Å². The third-order valence-corrected chi connectivity index (χ3v) is 8.24. The normalized spacial score (nSPS) is 15.8. The number of aryl methyl sites for hydroxylation is 2.